The van der Waals surface area contributed by atoms with Crippen LogP contribution < -0.4 is 5.76 Å². The predicted octanol–water partition coefficient (Wildman–Crippen LogP) is 4.39. The van der Waals surface area contributed by atoms with E-state index >= 15 is 0 Å². The van der Waals surface area contributed by atoms with Crippen molar-refractivity contribution in [3.8, 4) is 0 Å². The van der Waals surface area contributed by atoms with Crippen molar-refractivity contribution in [1.29, 1.82) is 0 Å². The molecule has 154 valence electrons. The molecule has 0 bridgehead atoms. The molecule has 1 atom stereocenters. The van der Waals surface area contributed by atoms with Crippen LogP contribution >= 0.6 is 11.3 Å². The first-order chi connectivity index (χ1) is 14.7. The molecule has 0 radical (unpaired) electrons. The van der Waals surface area contributed by atoms with Crippen molar-refractivity contribution in [2.24, 2.45) is 0 Å². The third kappa shape index (κ3) is 3.65. The monoisotopic (exact) mass is 421 g/mol. The number of para-hydroxylation sites is 3. The van der Waals surface area contributed by atoms with Crippen LogP contribution in [0, 0.1) is 0 Å². The molecule has 30 heavy (non-hydrogen) atoms. The van der Waals surface area contributed by atoms with Gasteiger partial charge in [-0.1, -0.05) is 24.3 Å². The molecule has 2 aromatic carbocycles. The molecule has 2 aromatic heterocycles. The van der Waals surface area contributed by atoms with Crippen molar-refractivity contribution in [3.05, 3.63) is 64.1 Å². The molecular weight excluding hydrogens is 398 g/mol. The lowest BCUT2D eigenvalue weighted by Gasteiger charge is -2.32. The van der Waals surface area contributed by atoms with Crippen molar-refractivity contribution in [1.82, 2.24) is 14.5 Å². The van der Waals surface area contributed by atoms with Crippen LogP contribution in [0.1, 0.15) is 36.6 Å². The summed E-state index contributed by atoms with van der Waals surface area (Å²) in [4.78, 5) is 31.7. The largest absolute Gasteiger partial charge is 0.419 e. The zero-order chi connectivity index (χ0) is 20.5. The van der Waals surface area contributed by atoms with Gasteiger partial charge in [-0.3, -0.25) is 9.36 Å². The molecule has 1 fully saturated rings. The topological polar surface area (TPSA) is 68.3 Å². The Morgan fingerprint density at radius 3 is 2.90 bits per heavy atom. The van der Waals surface area contributed by atoms with Gasteiger partial charge in [0, 0.05) is 32.0 Å². The smallest absolute Gasteiger partial charge is 0.408 e. The van der Waals surface area contributed by atoms with Gasteiger partial charge in [-0.05, 0) is 43.5 Å². The van der Waals surface area contributed by atoms with E-state index in [4.69, 9.17) is 9.40 Å². The van der Waals surface area contributed by atoms with E-state index in [9.17, 15) is 9.59 Å². The summed E-state index contributed by atoms with van der Waals surface area (Å²) < 4.78 is 8.08. The van der Waals surface area contributed by atoms with E-state index in [2.05, 4.69) is 6.07 Å². The molecule has 4 aromatic rings. The fourth-order valence-electron chi connectivity index (χ4n) is 4.24. The number of aromatic nitrogens is 2. The fourth-order valence-corrected chi connectivity index (χ4v) is 5.34. The van der Waals surface area contributed by atoms with Crippen LogP contribution in [0.25, 0.3) is 21.3 Å². The summed E-state index contributed by atoms with van der Waals surface area (Å²) in [6.07, 6.45) is 3.11. The highest BCUT2D eigenvalue weighted by Gasteiger charge is 2.26. The predicted molar refractivity (Wildman–Crippen MR) is 118 cm³/mol. The molecule has 5 rings (SSSR count). The zero-order valence-corrected chi connectivity index (χ0v) is 17.4. The van der Waals surface area contributed by atoms with Crippen LogP contribution in [0.4, 0.5) is 0 Å². The van der Waals surface area contributed by atoms with E-state index in [0.29, 0.717) is 30.9 Å². The average molecular weight is 422 g/mol. The Labute approximate surface area is 177 Å². The summed E-state index contributed by atoms with van der Waals surface area (Å²) in [6, 6.07) is 15.6. The Hall–Kier alpha value is -2.93. The minimum absolute atomic E-state index is 0.154. The highest BCUT2D eigenvalue weighted by Crippen LogP contribution is 2.33. The molecule has 1 amide bonds. The molecule has 0 aliphatic carbocycles. The minimum Gasteiger partial charge on any atom is -0.408 e. The molecule has 6 nitrogen and oxygen atoms in total. The maximum absolute atomic E-state index is 12.8. The number of hydrogen-bond donors (Lipinski definition) is 0. The third-order valence-electron chi connectivity index (χ3n) is 5.78. The first-order valence-electron chi connectivity index (χ1n) is 10.4. The molecule has 1 aliphatic heterocycles. The summed E-state index contributed by atoms with van der Waals surface area (Å²) in [5.74, 6) is 0.0970. The van der Waals surface area contributed by atoms with Gasteiger partial charge < -0.3 is 9.32 Å². The number of carbonyl (C=O) groups is 1. The normalized spacial score (nSPS) is 17.1. The van der Waals surface area contributed by atoms with Crippen LogP contribution in [0.5, 0.6) is 0 Å². The van der Waals surface area contributed by atoms with Crippen molar-refractivity contribution in [3.63, 3.8) is 0 Å². The number of oxazole rings is 1. The van der Waals surface area contributed by atoms with E-state index in [1.54, 1.807) is 22.0 Å². The van der Waals surface area contributed by atoms with Crippen molar-refractivity contribution in [2.45, 2.75) is 38.1 Å². The highest BCUT2D eigenvalue weighted by molar-refractivity contribution is 7.18. The standard InChI is InChI=1S/C23H23N3O3S/c27-21(12-6-14-26-18-9-2-3-10-19(18)29-23(26)28)25-13-5-7-16(15-25)22-24-17-8-1-4-11-20(17)30-22/h1-4,8-11,16H,5-7,12-15H2/t16-/m1/s1. The number of aryl methyl sites for hydroxylation is 1. The molecule has 0 unspecified atom stereocenters. The second-order valence-corrected chi connectivity index (χ2v) is 8.85. The van der Waals surface area contributed by atoms with E-state index in [1.807, 2.05) is 41.3 Å². The maximum atomic E-state index is 12.8. The van der Waals surface area contributed by atoms with Crippen molar-refractivity contribution < 1.29 is 9.21 Å². The number of nitrogens with zero attached hydrogens (tertiary/aromatic N) is 3. The number of hydrogen-bond acceptors (Lipinski definition) is 5. The van der Waals surface area contributed by atoms with Gasteiger partial charge in [0.25, 0.3) is 0 Å². The van der Waals surface area contributed by atoms with Gasteiger partial charge in [-0.15, -0.1) is 11.3 Å². The Morgan fingerprint density at radius 2 is 2.00 bits per heavy atom. The lowest BCUT2D eigenvalue weighted by molar-refractivity contribution is -0.132. The van der Waals surface area contributed by atoms with Gasteiger partial charge in [-0.2, -0.15) is 0 Å². The molecule has 1 aliphatic rings. The third-order valence-corrected chi connectivity index (χ3v) is 6.98. The summed E-state index contributed by atoms with van der Waals surface area (Å²) >= 11 is 1.74. The summed E-state index contributed by atoms with van der Waals surface area (Å²) in [6.45, 7) is 2.01. The van der Waals surface area contributed by atoms with Gasteiger partial charge in [0.15, 0.2) is 5.58 Å². The Morgan fingerprint density at radius 1 is 1.17 bits per heavy atom. The second kappa shape index (κ2) is 8.07. The van der Waals surface area contributed by atoms with E-state index in [-0.39, 0.29) is 11.7 Å². The highest BCUT2D eigenvalue weighted by atomic mass is 32.1. The number of piperidine rings is 1. The zero-order valence-electron chi connectivity index (χ0n) is 16.6. The molecule has 1 saturated heterocycles. The number of thiazole rings is 1. The van der Waals surface area contributed by atoms with Crippen LogP contribution in [-0.2, 0) is 11.3 Å². The molecule has 0 saturated carbocycles. The Kier molecular flexibility index (Phi) is 5.12. The molecule has 3 heterocycles. The van der Waals surface area contributed by atoms with Crippen molar-refractivity contribution in [2.75, 3.05) is 13.1 Å². The first kappa shape index (κ1) is 19.1. The average Bonchev–Trinajstić information content (AvgIpc) is 3.35. The van der Waals surface area contributed by atoms with Crippen LogP contribution in [0.15, 0.2) is 57.7 Å². The number of benzene rings is 2. The number of likely N-dealkylation sites (tertiary alicyclic amines) is 1. The Bertz CT molecular complexity index is 1220. The lowest BCUT2D eigenvalue weighted by atomic mass is 9.98. The quantitative estimate of drug-likeness (QED) is 0.479. The van der Waals surface area contributed by atoms with E-state index < -0.39 is 0 Å². The summed E-state index contributed by atoms with van der Waals surface area (Å²) in [5, 5.41) is 1.13. The number of fused-ring (bicyclic) bond motifs is 2. The molecular formula is C23H23N3O3S. The number of rotatable bonds is 5. The molecule has 7 heteroatoms. The van der Waals surface area contributed by atoms with E-state index in [0.717, 1.165) is 42.0 Å². The minimum atomic E-state index is -0.363. The van der Waals surface area contributed by atoms with Gasteiger partial charge >= 0.3 is 5.76 Å². The lowest BCUT2D eigenvalue weighted by Crippen LogP contribution is -2.39. The molecule has 0 N–H and O–H groups in total. The van der Waals surface area contributed by atoms with E-state index in [1.165, 1.54) is 4.70 Å². The van der Waals surface area contributed by atoms with Crippen LogP contribution in [0.3, 0.4) is 0 Å². The summed E-state index contributed by atoms with van der Waals surface area (Å²) in [7, 11) is 0. The first-order valence-corrected chi connectivity index (χ1v) is 11.2. The van der Waals surface area contributed by atoms with Gasteiger partial charge in [0.1, 0.15) is 0 Å². The van der Waals surface area contributed by atoms with Gasteiger partial charge in [0.05, 0.1) is 20.7 Å². The van der Waals surface area contributed by atoms with Gasteiger partial charge in [-0.25, -0.2) is 9.78 Å². The summed E-state index contributed by atoms with van der Waals surface area (Å²) in [5.41, 5.74) is 2.41. The van der Waals surface area contributed by atoms with Crippen molar-refractivity contribution >= 4 is 38.6 Å². The second-order valence-electron chi connectivity index (χ2n) is 7.79. The number of carbonyl (C=O) groups excluding carboxylic acids is 1. The van der Waals surface area contributed by atoms with Gasteiger partial charge in [0.2, 0.25) is 5.91 Å². The maximum Gasteiger partial charge on any atom is 0.419 e. The molecule has 0 spiro atoms. The Balaban J connectivity index is 1.21. The SMILES string of the molecule is O=C(CCCn1c(=O)oc2ccccc21)N1CCC[C@@H](c2nc3ccccc3s2)C1. The fraction of sp³-hybridized carbons (Fsp3) is 0.348. The van der Waals surface area contributed by atoms with Crippen LogP contribution in [-0.4, -0.2) is 33.4 Å². The number of amides is 1. The van der Waals surface area contributed by atoms with Crippen LogP contribution in [0.2, 0.25) is 0 Å².